The van der Waals surface area contributed by atoms with Crippen molar-refractivity contribution in [3.63, 3.8) is 0 Å². The highest BCUT2D eigenvalue weighted by molar-refractivity contribution is 5.85. The fraction of sp³-hybridized carbons (Fsp3) is 0.636. The van der Waals surface area contributed by atoms with Gasteiger partial charge in [0.05, 0.1) is 0 Å². The van der Waals surface area contributed by atoms with E-state index in [1.807, 2.05) is 35.2 Å². The number of fused-ring (bicyclic) bond motifs is 1. The monoisotopic (exact) mass is 421 g/mol. The van der Waals surface area contributed by atoms with Crippen LogP contribution in [0.2, 0.25) is 0 Å². The minimum absolute atomic E-state index is 0. The summed E-state index contributed by atoms with van der Waals surface area (Å²) in [6.45, 7) is 5.37. The third kappa shape index (κ3) is 5.43. The molecule has 1 N–H and O–H groups in total. The van der Waals surface area contributed by atoms with E-state index in [2.05, 4.69) is 10.2 Å². The third-order valence-corrected chi connectivity index (χ3v) is 6.63. The van der Waals surface area contributed by atoms with E-state index in [1.165, 1.54) is 0 Å². The van der Waals surface area contributed by atoms with Crippen LogP contribution in [0.4, 0.5) is 0 Å². The molecule has 7 heteroatoms. The molecule has 1 aromatic rings. The average molecular weight is 422 g/mol. The molecule has 4 rings (SSSR count). The van der Waals surface area contributed by atoms with Gasteiger partial charge >= 0.3 is 0 Å². The zero-order valence-electron chi connectivity index (χ0n) is 16.9. The number of carbonyl (C=O) groups excluding carboxylic acids is 2. The smallest absolute Gasteiger partial charge is 0.260 e. The van der Waals surface area contributed by atoms with Crippen LogP contribution < -0.4 is 10.1 Å². The summed E-state index contributed by atoms with van der Waals surface area (Å²) in [5.74, 6) is 2.56. The lowest BCUT2D eigenvalue weighted by Gasteiger charge is -2.34. The molecule has 0 radical (unpaired) electrons. The van der Waals surface area contributed by atoms with Crippen LogP contribution in [0.15, 0.2) is 30.3 Å². The second kappa shape index (κ2) is 10.3. The first-order valence-corrected chi connectivity index (χ1v) is 10.7. The summed E-state index contributed by atoms with van der Waals surface area (Å²) in [5, 5.41) is 3.48. The maximum Gasteiger partial charge on any atom is 0.260 e. The topological polar surface area (TPSA) is 61.9 Å². The molecule has 3 aliphatic rings. The Balaban J connectivity index is 0.00000240. The van der Waals surface area contributed by atoms with E-state index in [1.54, 1.807) is 0 Å². The molecule has 0 bridgehead atoms. The molecule has 3 saturated heterocycles. The molecule has 1 aromatic carbocycles. The summed E-state index contributed by atoms with van der Waals surface area (Å²) in [5.41, 5.74) is 0. The Labute approximate surface area is 179 Å². The molecule has 160 valence electrons. The van der Waals surface area contributed by atoms with Crippen molar-refractivity contribution in [1.82, 2.24) is 15.1 Å². The van der Waals surface area contributed by atoms with Gasteiger partial charge in [-0.3, -0.25) is 9.59 Å². The number of nitrogens with one attached hydrogen (secondary N) is 1. The Morgan fingerprint density at radius 1 is 0.897 bits per heavy atom. The Kier molecular flexibility index (Phi) is 7.78. The highest BCUT2D eigenvalue weighted by Gasteiger charge is 2.34. The molecule has 0 spiro atoms. The van der Waals surface area contributed by atoms with Gasteiger partial charge in [0.1, 0.15) is 5.75 Å². The summed E-state index contributed by atoms with van der Waals surface area (Å²) in [6.07, 6.45) is 3.77. The number of nitrogens with zero attached hydrogens (tertiary/aromatic N) is 2. The molecule has 2 atom stereocenters. The first-order valence-electron chi connectivity index (χ1n) is 10.7. The molecule has 29 heavy (non-hydrogen) atoms. The van der Waals surface area contributed by atoms with E-state index < -0.39 is 0 Å². The van der Waals surface area contributed by atoms with Crippen LogP contribution in [0.5, 0.6) is 5.75 Å². The summed E-state index contributed by atoms with van der Waals surface area (Å²) in [6, 6.07) is 9.41. The highest BCUT2D eigenvalue weighted by atomic mass is 35.5. The fourth-order valence-corrected chi connectivity index (χ4v) is 4.83. The van der Waals surface area contributed by atoms with Crippen molar-refractivity contribution < 1.29 is 14.3 Å². The molecule has 3 aliphatic heterocycles. The molecule has 0 aliphatic carbocycles. The van der Waals surface area contributed by atoms with Gasteiger partial charge in [-0.2, -0.15) is 0 Å². The third-order valence-electron chi connectivity index (χ3n) is 6.63. The zero-order valence-corrected chi connectivity index (χ0v) is 17.7. The number of ether oxygens (including phenoxy) is 1. The highest BCUT2D eigenvalue weighted by Crippen LogP contribution is 2.29. The van der Waals surface area contributed by atoms with Crippen LogP contribution >= 0.6 is 12.4 Å². The predicted molar refractivity (Wildman–Crippen MR) is 114 cm³/mol. The summed E-state index contributed by atoms with van der Waals surface area (Å²) in [4.78, 5) is 29.3. The Morgan fingerprint density at radius 2 is 1.48 bits per heavy atom. The Hall–Kier alpha value is -1.79. The maximum atomic E-state index is 13.0. The van der Waals surface area contributed by atoms with Gasteiger partial charge in [-0.15, -0.1) is 12.4 Å². The van der Waals surface area contributed by atoms with Gasteiger partial charge in [0.2, 0.25) is 5.91 Å². The number of halogens is 1. The molecular weight excluding hydrogens is 390 g/mol. The number of likely N-dealkylation sites (tertiary alicyclic amines) is 2. The lowest BCUT2D eigenvalue weighted by molar-refractivity contribution is -0.141. The molecule has 0 saturated carbocycles. The second-order valence-electron chi connectivity index (χ2n) is 8.34. The van der Waals surface area contributed by atoms with Crippen molar-refractivity contribution >= 4 is 24.2 Å². The van der Waals surface area contributed by atoms with Gasteiger partial charge in [0.25, 0.3) is 5.91 Å². The average Bonchev–Trinajstić information content (AvgIpc) is 3.10. The van der Waals surface area contributed by atoms with E-state index in [0.29, 0.717) is 24.7 Å². The maximum absolute atomic E-state index is 13.0. The van der Waals surface area contributed by atoms with Crippen molar-refractivity contribution in [3.8, 4) is 5.75 Å². The number of benzene rings is 1. The van der Waals surface area contributed by atoms with E-state index in [4.69, 9.17) is 4.74 Å². The van der Waals surface area contributed by atoms with Crippen molar-refractivity contribution in [2.45, 2.75) is 25.7 Å². The number of hydrogen-bond acceptors (Lipinski definition) is 4. The minimum Gasteiger partial charge on any atom is -0.484 e. The van der Waals surface area contributed by atoms with Crippen LogP contribution in [-0.2, 0) is 9.59 Å². The Bertz CT molecular complexity index is 665. The van der Waals surface area contributed by atoms with E-state index in [-0.39, 0.29) is 30.8 Å². The number of hydrogen-bond donors (Lipinski definition) is 1. The Morgan fingerprint density at radius 3 is 2.10 bits per heavy atom. The lowest BCUT2D eigenvalue weighted by atomic mass is 9.92. The number of amides is 2. The van der Waals surface area contributed by atoms with Gasteiger partial charge in [-0.05, 0) is 62.7 Å². The quantitative estimate of drug-likeness (QED) is 0.809. The van der Waals surface area contributed by atoms with Crippen LogP contribution in [0.3, 0.4) is 0 Å². The van der Waals surface area contributed by atoms with Gasteiger partial charge < -0.3 is 19.9 Å². The van der Waals surface area contributed by atoms with Crippen LogP contribution in [0, 0.1) is 17.8 Å². The summed E-state index contributed by atoms with van der Waals surface area (Å²) in [7, 11) is 0. The van der Waals surface area contributed by atoms with Gasteiger partial charge in [-0.1, -0.05) is 18.2 Å². The van der Waals surface area contributed by atoms with Gasteiger partial charge in [0, 0.05) is 32.1 Å². The zero-order chi connectivity index (χ0) is 19.3. The molecular formula is C22H32ClN3O3. The number of para-hydroxylation sites is 1. The van der Waals surface area contributed by atoms with Crippen molar-refractivity contribution in [2.75, 3.05) is 45.9 Å². The predicted octanol–water partition coefficient (Wildman–Crippen LogP) is 2.18. The lowest BCUT2D eigenvalue weighted by Crippen LogP contribution is -2.46. The molecule has 3 heterocycles. The second-order valence-corrected chi connectivity index (χ2v) is 8.34. The van der Waals surface area contributed by atoms with Crippen LogP contribution in [-0.4, -0.2) is 67.5 Å². The number of rotatable bonds is 4. The molecule has 0 unspecified atom stereocenters. The van der Waals surface area contributed by atoms with E-state index in [9.17, 15) is 9.59 Å². The van der Waals surface area contributed by atoms with Crippen LogP contribution in [0.25, 0.3) is 0 Å². The first kappa shape index (κ1) is 21.9. The van der Waals surface area contributed by atoms with Crippen molar-refractivity contribution in [2.24, 2.45) is 17.8 Å². The number of piperidine rings is 1. The molecule has 2 amide bonds. The van der Waals surface area contributed by atoms with Crippen molar-refractivity contribution in [3.05, 3.63) is 30.3 Å². The molecule has 0 aromatic heterocycles. The van der Waals surface area contributed by atoms with E-state index >= 15 is 0 Å². The van der Waals surface area contributed by atoms with E-state index in [0.717, 1.165) is 63.7 Å². The molecule has 6 nitrogen and oxygen atoms in total. The minimum atomic E-state index is 0. The van der Waals surface area contributed by atoms with Gasteiger partial charge in [0.15, 0.2) is 6.61 Å². The van der Waals surface area contributed by atoms with Crippen LogP contribution in [0.1, 0.15) is 25.7 Å². The summed E-state index contributed by atoms with van der Waals surface area (Å²) >= 11 is 0. The molecule has 3 fully saturated rings. The largest absolute Gasteiger partial charge is 0.484 e. The number of carbonyl (C=O) groups is 2. The standard InChI is InChI=1S/C22H31N3O3.ClH/c26-21(16-28-20-4-2-1-3-5-20)24-10-6-17(7-11-24)22(27)25-12-8-18-14-23-15-19(18)9-13-25;/h1-5,17-19,23H,6-16H2;1H/t18-,19+;. The SMILES string of the molecule is Cl.O=C(COc1ccccc1)N1CCC(C(=O)N2CC[C@@H]3CNC[C@@H]3CC2)CC1. The van der Waals surface area contributed by atoms with Gasteiger partial charge in [-0.25, -0.2) is 0 Å². The first-order chi connectivity index (χ1) is 13.7. The fourth-order valence-electron chi connectivity index (χ4n) is 4.83. The van der Waals surface area contributed by atoms with Crippen molar-refractivity contribution in [1.29, 1.82) is 0 Å². The normalized spacial score (nSPS) is 25.0. The summed E-state index contributed by atoms with van der Waals surface area (Å²) < 4.78 is 5.57.